The van der Waals surface area contributed by atoms with E-state index in [9.17, 15) is 14.0 Å². The van der Waals surface area contributed by atoms with Gasteiger partial charge in [0.1, 0.15) is 5.82 Å². The Morgan fingerprint density at radius 1 is 1.15 bits per heavy atom. The fourth-order valence-electron chi connectivity index (χ4n) is 2.63. The molecule has 1 aliphatic heterocycles. The predicted molar refractivity (Wildman–Crippen MR) is 98.9 cm³/mol. The van der Waals surface area contributed by atoms with Crippen molar-refractivity contribution in [3.05, 3.63) is 71.0 Å². The Bertz CT molecular complexity index is 868. The Morgan fingerprint density at radius 3 is 2.63 bits per heavy atom. The van der Waals surface area contributed by atoms with E-state index in [1.165, 1.54) is 6.07 Å². The maximum atomic E-state index is 13.5. The second-order valence-electron chi connectivity index (χ2n) is 6.21. The Balaban J connectivity index is 1.40. The first kappa shape index (κ1) is 18.6. The second kappa shape index (κ2) is 8.44. The molecule has 2 amide bonds. The van der Waals surface area contributed by atoms with Crippen molar-refractivity contribution in [1.82, 2.24) is 10.6 Å². The minimum absolute atomic E-state index is 0.221. The number of benzene rings is 2. The summed E-state index contributed by atoms with van der Waals surface area (Å²) in [6, 6.07) is 13.8. The summed E-state index contributed by atoms with van der Waals surface area (Å²) in [6.07, 6.45) is -0.285. The molecule has 3 rings (SSSR count). The number of nitrogens with one attached hydrogen (secondary N) is 2. The van der Waals surface area contributed by atoms with Crippen molar-refractivity contribution in [2.24, 2.45) is 5.16 Å². The van der Waals surface area contributed by atoms with Gasteiger partial charge in [-0.1, -0.05) is 41.6 Å². The highest BCUT2D eigenvalue weighted by Gasteiger charge is 2.28. The lowest BCUT2D eigenvalue weighted by Crippen LogP contribution is -2.39. The topological polar surface area (TPSA) is 79.8 Å². The van der Waals surface area contributed by atoms with Gasteiger partial charge in [-0.15, -0.1) is 0 Å². The first-order chi connectivity index (χ1) is 13.0. The molecule has 140 valence electrons. The molecule has 0 bridgehead atoms. The van der Waals surface area contributed by atoms with Crippen molar-refractivity contribution in [3.63, 3.8) is 0 Å². The Labute approximate surface area is 156 Å². The zero-order valence-electron chi connectivity index (χ0n) is 14.9. The van der Waals surface area contributed by atoms with Crippen LogP contribution in [0.4, 0.5) is 4.39 Å². The summed E-state index contributed by atoms with van der Waals surface area (Å²) in [5.74, 6) is -1.11. The minimum atomic E-state index is -0.679. The van der Waals surface area contributed by atoms with E-state index in [0.717, 1.165) is 11.3 Å². The zero-order valence-corrected chi connectivity index (χ0v) is 14.9. The number of aryl methyl sites for hydroxylation is 1. The number of rotatable bonds is 6. The van der Waals surface area contributed by atoms with Gasteiger partial charge in [-0.25, -0.2) is 4.39 Å². The van der Waals surface area contributed by atoms with Crippen molar-refractivity contribution in [2.45, 2.75) is 19.4 Å². The van der Waals surface area contributed by atoms with Crippen LogP contribution in [0.15, 0.2) is 53.7 Å². The van der Waals surface area contributed by atoms with Crippen LogP contribution in [-0.2, 0) is 9.63 Å². The van der Waals surface area contributed by atoms with Crippen molar-refractivity contribution >= 4 is 17.5 Å². The van der Waals surface area contributed by atoms with Gasteiger partial charge >= 0.3 is 0 Å². The van der Waals surface area contributed by atoms with Gasteiger partial charge in [0, 0.05) is 25.1 Å². The van der Waals surface area contributed by atoms with E-state index < -0.39 is 17.8 Å². The van der Waals surface area contributed by atoms with Crippen LogP contribution >= 0.6 is 0 Å². The number of carbonyl (C=O) groups is 2. The van der Waals surface area contributed by atoms with Gasteiger partial charge in [0.2, 0.25) is 6.10 Å². The molecule has 2 aromatic carbocycles. The molecule has 0 radical (unpaired) electrons. The maximum Gasteiger partial charge on any atom is 0.264 e. The number of nitrogens with zero attached hydrogens (tertiary/aromatic N) is 1. The smallest absolute Gasteiger partial charge is 0.264 e. The molecule has 1 atom stereocenters. The summed E-state index contributed by atoms with van der Waals surface area (Å²) in [5, 5.41) is 9.30. The largest absolute Gasteiger partial charge is 0.382 e. The van der Waals surface area contributed by atoms with Gasteiger partial charge in [0.15, 0.2) is 0 Å². The average molecular weight is 369 g/mol. The van der Waals surface area contributed by atoms with Crippen LogP contribution < -0.4 is 10.6 Å². The van der Waals surface area contributed by atoms with E-state index in [-0.39, 0.29) is 24.6 Å². The number of oxime groups is 1. The van der Waals surface area contributed by atoms with Crippen LogP contribution in [-0.4, -0.2) is 36.7 Å². The summed E-state index contributed by atoms with van der Waals surface area (Å²) in [7, 11) is 0. The molecule has 0 saturated carbocycles. The number of amides is 2. The van der Waals surface area contributed by atoms with E-state index in [4.69, 9.17) is 4.84 Å². The summed E-state index contributed by atoms with van der Waals surface area (Å²) < 4.78 is 13.5. The van der Waals surface area contributed by atoms with Gasteiger partial charge in [-0.2, -0.15) is 0 Å². The molecule has 1 aliphatic rings. The zero-order chi connectivity index (χ0) is 19.2. The average Bonchev–Trinajstić information content (AvgIpc) is 3.18. The van der Waals surface area contributed by atoms with Crippen molar-refractivity contribution in [3.8, 4) is 0 Å². The van der Waals surface area contributed by atoms with Crippen LogP contribution in [0.3, 0.4) is 0 Å². The van der Waals surface area contributed by atoms with Gasteiger partial charge in [0.05, 0.1) is 5.71 Å². The summed E-state index contributed by atoms with van der Waals surface area (Å²) in [6.45, 7) is 2.09. The minimum Gasteiger partial charge on any atom is -0.382 e. The Morgan fingerprint density at radius 2 is 1.89 bits per heavy atom. The lowest BCUT2D eigenvalue weighted by atomic mass is 10.0. The first-order valence-corrected chi connectivity index (χ1v) is 8.65. The third-order valence-electron chi connectivity index (χ3n) is 4.21. The molecule has 0 fully saturated rings. The van der Waals surface area contributed by atoms with Crippen molar-refractivity contribution in [1.29, 1.82) is 0 Å². The second-order valence-corrected chi connectivity index (χ2v) is 6.21. The van der Waals surface area contributed by atoms with E-state index in [0.29, 0.717) is 12.0 Å². The molecule has 2 N–H and O–H groups in total. The molecule has 7 heteroatoms. The van der Waals surface area contributed by atoms with Gasteiger partial charge in [-0.05, 0) is 30.2 Å². The molecule has 0 aromatic heterocycles. The lowest BCUT2D eigenvalue weighted by Gasteiger charge is -2.10. The monoisotopic (exact) mass is 369 g/mol. The van der Waals surface area contributed by atoms with Crippen LogP contribution in [0, 0.1) is 12.7 Å². The van der Waals surface area contributed by atoms with Crippen molar-refractivity contribution < 1.29 is 18.8 Å². The molecule has 0 aliphatic carbocycles. The van der Waals surface area contributed by atoms with Crippen LogP contribution in [0.2, 0.25) is 0 Å². The molecule has 1 unspecified atom stereocenters. The maximum absolute atomic E-state index is 13.5. The standard InChI is InChI=1S/C20H20FN3O3/c1-13-7-8-15(11-16(13)21)19(25)22-9-10-23-20(26)18-12-17(24-27-18)14-5-3-2-4-6-14/h2-8,11,18H,9-10,12H2,1H3,(H,22,25)(H,23,26). The molecule has 1 heterocycles. The SMILES string of the molecule is Cc1ccc(C(=O)NCCNC(=O)C2CC(c3ccccc3)=NO2)cc1F. The summed E-state index contributed by atoms with van der Waals surface area (Å²) in [5.41, 5.74) is 2.37. The number of halogens is 1. The van der Waals surface area contributed by atoms with Gasteiger partial charge in [0.25, 0.3) is 11.8 Å². The first-order valence-electron chi connectivity index (χ1n) is 8.65. The molecule has 6 nitrogen and oxygen atoms in total. The third kappa shape index (κ3) is 4.69. The normalized spacial score (nSPS) is 15.6. The van der Waals surface area contributed by atoms with E-state index in [1.54, 1.807) is 19.1 Å². The molecule has 0 saturated heterocycles. The highest BCUT2D eigenvalue weighted by Crippen LogP contribution is 2.16. The third-order valence-corrected chi connectivity index (χ3v) is 4.21. The molecule has 2 aromatic rings. The molecule has 27 heavy (non-hydrogen) atoms. The highest BCUT2D eigenvalue weighted by atomic mass is 19.1. The fourth-order valence-corrected chi connectivity index (χ4v) is 2.63. The Hall–Kier alpha value is -3.22. The van der Waals surface area contributed by atoms with E-state index in [1.807, 2.05) is 30.3 Å². The van der Waals surface area contributed by atoms with Crippen molar-refractivity contribution in [2.75, 3.05) is 13.1 Å². The molecular weight excluding hydrogens is 349 g/mol. The van der Waals surface area contributed by atoms with Crippen LogP contribution in [0.25, 0.3) is 0 Å². The summed E-state index contributed by atoms with van der Waals surface area (Å²) >= 11 is 0. The summed E-state index contributed by atoms with van der Waals surface area (Å²) in [4.78, 5) is 29.3. The van der Waals surface area contributed by atoms with E-state index in [2.05, 4.69) is 15.8 Å². The number of carbonyl (C=O) groups excluding carboxylic acids is 2. The fraction of sp³-hybridized carbons (Fsp3) is 0.250. The van der Waals surface area contributed by atoms with E-state index >= 15 is 0 Å². The lowest BCUT2D eigenvalue weighted by molar-refractivity contribution is -0.131. The predicted octanol–water partition coefficient (Wildman–Crippen LogP) is 2.17. The van der Waals surface area contributed by atoms with Crippen LogP contribution in [0.1, 0.15) is 27.9 Å². The molecule has 0 spiro atoms. The number of hydrogen-bond acceptors (Lipinski definition) is 4. The number of hydrogen-bond donors (Lipinski definition) is 2. The van der Waals surface area contributed by atoms with Gasteiger partial charge in [-0.3, -0.25) is 9.59 Å². The quantitative estimate of drug-likeness (QED) is 0.766. The van der Waals surface area contributed by atoms with Gasteiger partial charge < -0.3 is 15.5 Å². The molecular formula is C20H20FN3O3. The Kier molecular flexibility index (Phi) is 5.80. The highest BCUT2D eigenvalue weighted by molar-refractivity contribution is 6.04. The van der Waals surface area contributed by atoms with Crippen LogP contribution in [0.5, 0.6) is 0 Å².